The molecule has 1 aromatic carbocycles. The van der Waals surface area contributed by atoms with Crippen LogP contribution in [-0.4, -0.2) is 6.54 Å². The summed E-state index contributed by atoms with van der Waals surface area (Å²) in [7, 11) is 0. The molecule has 1 rings (SSSR count). The van der Waals surface area contributed by atoms with Gasteiger partial charge in [0.2, 0.25) is 0 Å². The van der Waals surface area contributed by atoms with Crippen LogP contribution in [0.15, 0.2) is 22.7 Å². The maximum atomic E-state index is 3.47. The van der Waals surface area contributed by atoms with Crippen molar-refractivity contribution in [3.8, 4) is 11.8 Å². The van der Waals surface area contributed by atoms with Crippen molar-refractivity contribution in [2.75, 3.05) is 11.9 Å². The number of nitrogens with one attached hydrogen (secondary N) is 1. The minimum absolute atomic E-state index is 0.891. The van der Waals surface area contributed by atoms with Crippen LogP contribution in [0.5, 0.6) is 0 Å². The van der Waals surface area contributed by atoms with Crippen molar-refractivity contribution in [3.63, 3.8) is 0 Å². The number of halogens is 1. The molecule has 1 nitrogen and oxygen atoms in total. The predicted octanol–water partition coefficient (Wildman–Crippen LogP) is 3.58. The number of anilines is 1. The third-order valence-corrected chi connectivity index (χ3v) is 2.26. The summed E-state index contributed by atoms with van der Waals surface area (Å²) in [5, 5.41) is 3.33. The molecule has 1 aromatic rings. The van der Waals surface area contributed by atoms with E-state index in [0.717, 1.165) is 23.1 Å². The van der Waals surface area contributed by atoms with Crippen LogP contribution in [-0.2, 0) is 0 Å². The van der Waals surface area contributed by atoms with E-state index in [0.29, 0.717) is 0 Å². The maximum Gasteiger partial charge on any atom is 0.0354 e. The Morgan fingerprint density at radius 1 is 1.36 bits per heavy atom. The fraction of sp³-hybridized carbons (Fsp3) is 0.333. The lowest BCUT2D eigenvalue weighted by Crippen LogP contribution is -2.00. The number of rotatable bonds is 3. The Hall–Kier alpha value is -0.940. The Labute approximate surface area is 94.0 Å². The topological polar surface area (TPSA) is 12.0 Å². The Bertz CT molecular complexity index is 340. The first-order chi connectivity index (χ1) is 6.72. The van der Waals surface area contributed by atoms with Crippen LogP contribution in [0.1, 0.15) is 18.9 Å². The van der Waals surface area contributed by atoms with Gasteiger partial charge in [-0.3, -0.25) is 0 Å². The van der Waals surface area contributed by atoms with Crippen LogP contribution < -0.4 is 5.32 Å². The molecule has 0 aliphatic rings. The van der Waals surface area contributed by atoms with Gasteiger partial charge in [-0.05, 0) is 37.6 Å². The average Bonchev–Trinajstić information content (AvgIpc) is 2.11. The lowest BCUT2D eigenvalue weighted by molar-refractivity contribution is 1.09. The van der Waals surface area contributed by atoms with E-state index in [4.69, 9.17) is 0 Å². The van der Waals surface area contributed by atoms with Crippen molar-refractivity contribution in [2.45, 2.75) is 20.3 Å². The van der Waals surface area contributed by atoms with Gasteiger partial charge in [-0.1, -0.05) is 15.9 Å². The number of aryl methyl sites for hydroxylation is 1. The molecule has 0 unspecified atom stereocenters. The minimum atomic E-state index is 0.891. The summed E-state index contributed by atoms with van der Waals surface area (Å²) in [5.41, 5.74) is 2.40. The molecule has 0 amide bonds. The highest BCUT2D eigenvalue weighted by Crippen LogP contribution is 2.18. The van der Waals surface area contributed by atoms with E-state index >= 15 is 0 Å². The number of hydrogen-bond acceptors (Lipinski definition) is 1. The molecule has 14 heavy (non-hydrogen) atoms. The third kappa shape index (κ3) is 3.85. The van der Waals surface area contributed by atoms with Gasteiger partial charge in [0, 0.05) is 23.1 Å². The van der Waals surface area contributed by atoms with Crippen LogP contribution in [0.3, 0.4) is 0 Å². The second kappa shape index (κ2) is 5.72. The first kappa shape index (κ1) is 11.1. The molecule has 0 bridgehead atoms. The van der Waals surface area contributed by atoms with Gasteiger partial charge in [-0.15, -0.1) is 11.8 Å². The zero-order valence-electron chi connectivity index (χ0n) is 8.52. The summed E-state index contributed by atoms with van der Waals surface area (Å²) in [4.78, 5) is 0. The molecule has 0 aliphatic carbocycles. The Morgan fingerprint density at radius 2 is 2.14 bits per heavy atom. The molecule has 0 spiro atoms. The Kier molecular flexibility index (Phi) is 4.55. The van der Waals surface area contributed by atoms with E-state index in [2.05, 4.69) is 58.2 Å². The standard InChI is InChI=1S/C12H14BrN/c1-3-4-5-6-14-12-8-10(2)7-11(13)9-12/h7-9,14H,5-6H2,1-2H3. The van der Waals surface area contributed by atoms with Crippen molar-refractivity contribution in [3.05, 3.63) is 28.2 Å². The SMILES string of the molecule is CC#CCCNc1cc(C)cc(Br)c1. The molecule has 74 valence electrons. The molecule has 0 heterocycles. The van der Waals surface area contributed by atoms with E-state index < -0.39 is 0 Å². The normalized spacial score (nSPS) is 9.07. The van der Waals surface area contributed by atoms with Crippen LogP contribution in [0, 0.1) is 18.8 Å². The maximum absolute atomic E-state index is 3.47. The van der Waals surface area contributed by atoms with Gasteiger partial charge in [0.15, 0.2) is 0 Å². The van der Waals surface area contributed by atoms with Gasteiger partial charge in [0.25, 0.3) is 0 Å². The second-order valence-electron chi connectivity index (χ2n) is 3.12. The van der Waals surface area contributed by atoms with Gasteiger partial charge in [0.05, 0.1) is 0 Å². The molecule has 0 fully saturated rings. The lowest BCUT2D eigenvalue weighted by Gasteiger charge is -2.05. The average molecular weight is 252 g/mol. The zero-order valence-corrected chi connectivity index (χ0v) is 10.1. The van der Waals surface area contributed by atoms with Crippen LogP contribution in [0.25, 0.3) is 0 Å². The smallest absolute Gasteiger partial charge is 0.0354 e. The molecule has 0 saturated heterocycles. The van der Waals surface area contributed by atoms with Crippen molar-refractivity contribution < 1.29 is 0 Å². The van der Waals surface area contributed by atoms with E-state index in [1.54, 1.807) is 0 Å². The van der Waals surface area contributed by atoms with Crippen molar-refractivity contribution >= 4 is 21.6 Å². The summed E-state index contributed by atoms with van der Waals surface area (Å²) < 4.78 is 1.11. The Morgan fingerprint density at radius 3 is 2.79 bits per heavy atom. The first-order valence-electron chi connectivity index (χ1n) is 4.63. The zero-order chi connectivity index (χ0) is 10.4. The highest BCUT2D eigenvalue weighted by molar-refractivity contribution is 9.10. The lowest BCUT2D eigenvalue weighted by atomic mass is 10.2. The molecule has 0 aromatic heterocycles. The molecule has 2 heteroatoms. The number of benzene rings is 1. The minimum Gasteiger partial charge on any atom is -0.384 e. The van der Waals surface area contributed by atoms with Gasteiger partial charge >= 0.3 is 0 Å². The predicted molar refractivity (Wildman–Crippen MR) is 65.4 cm³/mol. The molecular weight excluding hydrogens is 238 g/mol. The van der Waals surface area contributed by atoms with Crippen LogP contribution in [0.2, 0.25) is 0 Å². The second-order valence-corrected chi connectivity index (χ2v) is 4.04. The highest BCUT2D eigenvalue weighted by atomic mass is 79.9. The molecule has 0 atom stereocenters. The van der Waals surface area contributed by atoms with E-state index in [9.17, 15) is 0 Å². The summed E-state index contributed by atoms with van der Waals surface area (Å²) in [6.45, 7) is 4.85. The van der Waals surface area contributed by atoms with Crippen LogP contribution >= 0.6 is 15.9 Å². The van der Waals surface area contributed by atoms with Crippen molar-refractivity contribution in [1.29, 1.82) is 0 Å². The highest BCUT2D eigenvalue weighted by Gasteiger charge is 1.94. The Balaban J connectivity index is 2.53. The molecule has 0 radical (unpaired) electrons. The quantitative estimate of drug-likeness (QED) is 0.640. The fourth-order valence-corrected chi connectivity index (χ4v) is 1.84. The van der Waals surface area contributed by atoms with Crippen LogP contribution in [0.4, 0.5) is 5.69 Å². The molecular formula is C12H14BrN. The molecule has 0 saturated carbocycles. The van der Waals surface area contributed by atoms with Gasteiger partial charge in [-0.2, -0.15) is 0 Å². The number of hydrogen-bond donors (Lipinski definition) is 1. The van der Waals surface area contributed by atoms with Crippen molar-refractivity contribution in [1.82, 2.24) is 0 Å². The summed E-state index contributed by atoms with van der Waals surface area (Å²) >= 11 is 3.47. The fourth-order valence-electron chi connectivity index (χ4n) is 1.23. The van der Waals surface area contributed by atoms with Gasteiger partial charge in [0.1, 0.15) is 0 Å². The van der Waals surface area contributed by atoms with E-state index in [1.807, 2.05) is 6.92 Å². The molecule has 1 N–H and O–H groups in total. The summed E-state index contributed by atoms with van der Waals surface area (Å²) in [5.74, 6) is 5.90. The summed E-state index contributed by atoms with van der Waals surface area (Å²) in [6.07, 6.45) is 0.891. The van der Waals surface area contributed by atoms with E-state index in [-0.39, 0.29) is 0 Å². The summed E-state index contributed by atoms with van der Waals surface area (Å²) in [6, 6.07) is 6.30. The third-order valence-electron chi connectivity index (χ3n) is 1.80. The first-order valence-corrected chi connectivity index (χ1v) is 5.42. The van der Waals surface area contributed by atoms with Gasteiger partial charge < -0.3 is 5.32 Å². The molecule has 0 aliphatic heterocycles. The monoisotopic (exact) mass is 251 g/mol. The van der Waals surface area contributed by atoms with Crippen molar-refractivity contribution in [2.24, 2.45) is 0 Å². The largest absolute Gasteiger partial charge is 0.384 e. The van der Waals surface area contributed by atoms with Gasteiger partial charge in [-0.25, -0.2) is 0 Å². The van der Waals surface area contributed by atoms with E-state index in [1.165, 1.54) is 5.56 Å².